The van der Waals surface area contributed by atoms with Crippen molar-refractivity contribution in [3.8, 4) is 0 Å². The molecule has 0 unspecified atom stereocenters. The Morgan fingerprint density at radius 3 is 2.42 bits per heavy atom. The van der Waals surface area contributed by atoms with Gasteiger partial charge in [-0.25, -0.2) is 9.78 Å². The summed E-state index contributed by atoms with van der Waals surface area (Å²) in [5.41, 5.74) is 2.51. The summed E-state index contributed by atoms with van der Waals surface area (Å²) in [7, 11) is 0. The van der Waals surface area contributed by atoms with Crippen molar-refractivity contribution in [2.75, 3.05) is 6.61 Å². The number of ketones is 1. The molecule has 4 nitrogen and oxygen atoms in total. The van der Waals surface area contributed by atoms with Gasteiger partial charge in [-0.2, -0.15) is 0 Å². The largest absolute Gasteiger partial charge is 0.344 e. The molecular formula is C33H45ClO4. The smallest absolute Gasteiger partial charge is 0.202 e. The Labute approximate surface area is 233 Å². The lowest BCUT2D eigenvalue weighted by Gasteiger charge is -2.62. The Kier molecular flexibility index (Phi) is 6.90. The van der Waals surface area contributed by atoms with Crippen LogP contribution in [0.2, 0.25) is 5.02 Å². The quantitative estimate of drug-likeness (QED) is 0.360. The normalized spacial score (nSPS) is 45.1. The van der Waals surface area contributed by atoms with E-state index in [0.29, 0.717) is 40.1 Å². The zero-order valence-electron chi connectivity index (χ0n) is 23.6. The SMILES string of the molecule is C=C(c1ccc(Cl)cc1)[C@@H]1CO[C@@]2(CC[C@@]3(C)[C@H](CC[C@@H]4[C@@H]3CC[C@]3(C)[C@@H]([C@H](C)C(C)=O)CC[C@@H]43)C2)OO1. The summed E-state index contributed by atoms with van der Waals surface area (Å²) in [6, 6.07) is 7.67. The van der Waals surface area contributed by atoms with Crippen LogP contribution in [-0.2, 0) is 19.3 Å². The van der Waals surface area contributed by atoms with Gasteiger partial charge >= 0.3 is 0 Å². The lowest BCUT2D eigenvalue weighted by Crippen LogP contribution is -2.58. The maximum absolute atomic E-state index is 12.3. The number of ether oxygens (including phenoxy) is 1. The first-order valence-corrected chi connectivity index (χ1v) is 15.4. The molecule has 0 N–H and O–H groups in total. The molecule has 0 aromatic heterocycles. The first kappa shape index (κ1) is 27.0. The number of carbonyl (C=O) groups excluding carboxylic acids is 1. The highest BCUT2D eigenvalue weighted by Gasteiger charge is 2.63. The van der Waals surface area contributed by atoms with Crippen molar-refractivity contribution in [2.24, 2.45) is 46.3 Å². The number of hydrogen-bond acceptors (Lipinski definition) is 4. The van der Waals surface area contributed by atoms with Crippen LogP contribution >= 0.6 is 11.6 Å². The molecule has 5 heteroatoms. The van der Waals surface area contributed by atoms with Gasteiger partial charge in [0, 0.05) is 23.8 Å². The molecule has 1 heterocycles. The molecule has 5 fully saturated rings. The van der Waals surface area contributed by atoms with Crippen LogP contribution in [-0.4, -0.2) is 24.3 Å². The molecule has 0 bridgehead atoms. The third-order valence-electron chi connectivity index (χ3n) is 12.4. The van der Waals surface area contributed by atoms with Crippen LogP contribution in [0.25, 0.3) is 5.57 Å². The van der Waals surface area contributed by atoms with Crippen LogP contribution in [0.5, 0.6) is 0 Å². The van der Waals surface area contributed by atoms with Gasteiger partial charge in [0.1, 0.15) is 11.9 Å². The molecule has 6 rings (SSSR count). The summed E-state index contributed by atoms with van der Waals surface area (Å²) in [6.07, 6.45) is 10.3. The van der Waals surface area contributed by atoms with Crippen LogP contribution in [0.4, 0.5) is 0 Å². The Morgan fingerprint density at radius 2 is 1.74 bits per heavy atom. The first-order chi connectivity index (χ1) is 18.1. The average molecular weight is 541 g/mol. The number of hydrogen-bond donors (Lipinski definition) is 0. The Hall–Kier alpha value is -1.20. The molecule has 10 atom stereocenters. The van der Waals surface area contributed by atoms with Crippen molar-refractivity contribution < 1.29 is 19.3 Å². The van der Waals surface area contributed by atoms with Crippen LogP contribution in [0.1, 0.15) is 91.0 Å². The van der Waals surface area contributed by atoms with E-state index in [9.17, 15) is 4.79 Å². The molecule has 5 aliphatic rings. The van der Waals surface area contributed by atoms with E-state index in [1.54, 1.807) is 6.92 Å². The summed E-state index contributed by atoms with van der Waals surface area (Å²) in [4.78, 5) is 24.4. The van der Waals surface area contributed by atoms with E-state index < -0.39 is 5.79 Å². The lowest BCUT2D eigenvalue weighted by molar-refractivity contribution is -0.489. The minimum atomic E-state index is -0.633. The van der Waals surface area contributed by atoms with E-state index in [1.165, 1.54) is 38.5 Å². The van der Waals surface area contributed by atoms with Crippen LogP contribution < -0.4 is 0 Å². The Bertz CT molecular complexity index is 1070. The molecular weight excluding hydrogens is 496 g/mol. The maximum atomic E-state index is 12.3. The fraction of sp³-hybridized carbons (Fsp3) is 0.727. The molecule has 4 aliphatic carbocycles. The predicted molar refractivity (Wildman–Crippen MR) is 150 cm³/mol. The van der Waals surface area contributed by atoms with Crippen LogP contribution in [0, 0.1) is 46.3 Å². The molecule has 1 aromatic rings. The van der Waals surface area contributed by atoms with Crippen molar-refractivity contribution >= 4 is 23.0 Å². The molecule has 0 radical (unpaired) electrons. The van der Waals surface area contributed by atoms with E-state index in [4.69, 9.17) is 26.1 Å². The van der Waals surface area contributed by atoms with E-state index >= 15 is 0 Å². The Morgan fingerprint density at radius 1 is 1.00 bits per heavy atom. The first-order valence-electron chi connectivity index (χ1n) is 15.0. The minimum Gasteiger partial charge on any atom is -0.344 e. The lowest BCUT2D eigenvalue weighted by atomic mass is 9.44. The summed E-state index contributed by atoms with van der Waals surface area (Å²) >= 11 is 6.05. The summed E-state index contributed by atoms with van der Waals surface area (Å²) in [5, 5.41) is 0.707. The van der Waals surface area contributed by atoms with Gasteiger partial charge in [0.25, 0.3) is 0 Å². The third kappa shape index (κ3) is 4.24. The summed E-state index contributed by atoms with van der Waals surface area (Å²) < 4.78 is 6.50. The number of rotatable bonds is 4. The topological polar surface area (TPSA) is 44.8 Å². The second kappa shape index (κ2) is 9.72. The second-order valence-electron chi connectivity index (χ2n) is 13.9. The van der Waals surface area contributed by atoms with Gasteiger partial charge in [0.2, 0.25) is 5.79 Å². The van der Waals surface area contributed by atoms with Gasteiger partial charge in [-0.1, -0.05) is 51.1 Å². The summed E-state index contributed by atoms with van der Waals surface area (Å²) in [5.74, 6) is 3.43. The van der Waals surface area contributed by atoms with Gasteiger partial charge in [-0.05, 0) is 116 Å². The monoisotopic (exact) mass is 540 g/mol. The third-order valence-corrected chi connectivity index (χ3v) is 12.7. The molecule has 208 valence electrons. The van der Waals surface area contributed by atoms with Crippen molar-refractivity contribution in [2.45, 2.75) is 97.4 Å². The number of halogens is 1. The number of benzene rings is 1. The van der Waals surface area contributed by atoms with Crippen molar-refractivity contribution in [1.82, 2.24) is 0 Å². The molecule has 38 heavy (non-hydrogen) atoms. The highest BCUT2D eigenvalue weighted by atomic mass is 35.5. The fourth-order valence-corrected chi connectivity index (χ4v) is 10.1. The molecule has 1 saturated heterocycles. The van der Waals surface area contributed by atoms with Crippen molar-refractivity contribution in [3.05, 3.63) is 41.4 Å². The van der Waals surface area contributed by atoms with Crippen LogP contribution in [0.3, 0.4) is 0 Å². The standard InChI is InChI=1S/C33H45ClO4/c1-20(22(3)35)27-12-13-28-26-11-8-24-18-33(17-16-31(24,4)29(26)14-15-32(27,28)5)36-19-30(37-38-33)21(2)23-6-9-25(34)10-7-23/h6-7,9-10,20,24,26-30H,2,8,11-19H2,1,3-5H3/t20-,24-,26+,27-,28+,29+,30+,31+,32-,33+/m1/s1. The minimum absolute atomic E-state index is 0.197. The van der Waals surface area contributed by atoms with E-state index in [0.717, 1.165) is 48.2 Å². The van der Waals surface area contributed by atoms with Gasteiger partial charge < -0.3 is 4.74 Å². The Balaban J connectivity index is 1.12. The maximum Gasteiger partial charge on any atom is 0.202 e. The molecule has 1 spiro atoms. The highest BCUT2D eigenvalue weighted by Crippen LogP contribution is 2.69. The van der Waals surface area contributed by atoms with Gasteiger partial charge in [-0.3, -0.25) is 4.79 Å². The second-order valence-corrected chi connectivity index (χ2v) is 14.3. The number of fused-ring (bicyclic) bond motifs is 5. The number of carbonyl (C=O) groups is 1. The van der Waals surface area contributed by atoms with Gasteiger partial charge in [0.15, 0.2) is 0 Å². The molecule has 1 aromatic carbocycles. The van der Waals surface area contributed by atoms with Crippen molar-refractivity contribution in [3.63, 3.8) is 0 Å². The molecule has 1 aliphatic heterocycles. The summed E-state index contributed by atoms with van der Waals surface area (Å²) in [6.45, 7) is 13.8. The molecule has 4 saturated carbocycles. The number of Topliss-reactive ketones (excluding diaryl/α,β-unsaturated/α-hetero) is 1. The van der Waals surface area contributed by atoms with E-state index in [2.05, 4.69) is 27.4 Å². The van der Waals surface area contributed by atoms with Gasteiger partial charge in [-0.15, -0.1) is 0 Å². The van der Waals surface area contributed by atoms with E-state index in [1.807, 2.05) is 24.3 Å². The highest BCUT2D eigenvalue weighted by molar-refractivity contribution is 6.30. The van der Waals surface area contributed by atoms with Gasteiger partial charge in [0.05, 0.1) is 6.61 Å². The fourth-order valence-electron chi connectivity index (χ4n) is 9.98. The predicted octanol–water partition coefficient (Wildman–Crippen LogP) is 8.28. The zero-order valence-corrected chi connectivity index (χ0v) is 24.4. The zero-order chi connectivity index (χ0) is 26.9. The van der Waals surface area contributed by atoms with Crippen molar-refractivity contribution in [1.29, 1.82) is 0 Å². The molecule has 0 amide bonds. The van der Waals surface area contributed by atoms with Crippen LogP contribution in [0.15, 0.2) is 30.8 Å². The van der Waals surface area contributed by atoms with E-state index in [-0.39, 0.29) is 12.0 Å². The average Bonchev–Trinajstić information content (AvgIpc) is 3.26.